The monoisotopic (exact) mass is 276 g/mol. The summed E-state index contributed by atoms with van der Waals surface area (Å²) in [5.41, 5.74) is 9.21. The molecule has 1 aliphatic rings. The van der Waals surface area contributed by atoms with Crippen LogP contribution in [0.5, 0.6) is 0 Å². The van der Waals surface area contributed by atoms with E-state index in [-0.39, 0.29) is 11.4 Å². The summed E-state index contributed by atoms with van der Waals surface area (Å²) in [4.78, 5) is 17.6. The summed E-state index contributed by atoms with van der Waals surface area (Å²) >= 11 is 0. The van der Waals surface area contributed by atoms with E-state index in [2.05, 4.69) is 21.8 Å². The zero-order chi connectivity index (χ0) is 14.7. The molecule has 0 aromatic heterocycles. The number of nitro benzene ring substituents is 1. The Hall–Kier alpha value is -2.31. The van der Waals surface area contributed by atoms with Gasteiger partial charge >= 0.3 is 0 Å². The molecule has 1 saturated heterocycles. The van der Waals surface area contributed by atoms with Crippen molar-refractivity contribution >= 4 is 17.1 Å². The smallest absolute Gasteiger partial charge is 0.292 e. The number of nitrogens with zero attached hydrogens (tertiary/aromatic N) is 6. The lowest BCUT2D eigenvalue weighted by Gasteiger charge is -2.38. The molecule has 1 atom stereocenters. The summed E-state index contributed by atoms with van der Waals surface area (Å²) in [5.74, 6) is 0. The summed E-state index contributed by atoms with van der Waals surface area (Å²) < 4.78 is 0. The van der Waals surface area contributed by atoms with Crippen LogP contribution >= 0.6 is 0 Å². The minimum atomic E-state index is -0.436. The highest BCUT2D eigenvalue weighted by atomic mass is 16.6. The first-order valence-corrected chi connectivity index (χ1v) is 6.31. The van der Waals surface area contributed by atoms with E-state index in [0.29, 0.717) is 11.7 Å². The van der Waals surface area contributed by atoms with Crippen LogP contribution in [0.2, 0.25) is 0 Å². The van der Waals surface area contributed by atoms with Crippen LogP contribution in [0.1, 0.15) is 6.92 Å². The van der Waals surface area contributed by atoms with Gasteiger partial charge in [-0.1, -0.05) is 11.2 Å². The standard InChI is InChI=1S/C12H16N6O2/c1-9-8-17(6-5-16(9)2)11-4-3-10(14-15-13)7-12(11)18(19)20/h3-4,7,9H,5-6,8H2,1-2H3/t9-/m0/s1. The van der Waals surface area contributed by atoms with E-state index >= 15 is 0 Å². The normalized spacial score (nSPS) is 19.5. The second-order valence-electron chi connectivity index (χ2n) is 4.90. The molecule has 0 aliphatic carbocycles. The molecule has 0 unspecified atom stereocenters. The van der Waals surface area contributed by atoms with Crippen molar-refractivity contribution in [3.05, 3.63) is 38.8 Å². The molecular weight excluding hydrogens is 260 g/mol. The Balaban J connectivity index is 2.36. The Bertz CT molecular complexity index is 569. The van der Waals surface area contributed by atoms with Crippen molar-refractivity contribution < 1.29 is 4.92 Å². The zero-order valence-electron chi connectivity index (χ0n) is 11.4. The Morgan fingerprint density at radius 1 is 1.50 bits per heavy atom. The van der Waals surface area contributed by atoms with Crippen LogP contribution in [-0.2, 0) is 0 Å². The summed E-state index contributed by atoms with van der Waals surface area (Å²) in [5, 5.41) is 14.6. The average Bonchev–Trinajstić information content (AvgIpc) is 2.42. The minimum Gasteiger partial charge on any atom is -0.363 e. The molecule has 1 fully saturated rings. The molecule has 20 heavy (non-hydrogen) atoms. The molecule has 1 aliphatic heterocycles. The maximum Gasteiger partial charge on any atom is 0.292 e. The van der Waals surface area contributed by atoms with Gasteiger partial charge in [0, 0.05) is 42.3 Å². The van der Waals surface area contributed by atoms with Gasteiger partial charge in [-0.05, 0) is 25.6 Å². The van der Waals surface area contributed by atoms with Gasteiger partial charge in [0.25, 0.3) is 5.69 Å². The molecular formula is C12H16N6O2. The van der Waals surface area contributed by atoms with Crippen molar-refractivity contribution in [3.8, 4) is 0 Å². The lowest BCUT2D eigenvalue weighted by atomic mass is 10.1. The number of rotatable bonds is 3. The number of azide groups is 1. The van der Waals surface area contributed by atoms with E-state index in [1.54, 1.807) is 12.1 Å². The molecule has 0 N–H and O–H groups in total. The average molecular weight is 276 g/mol. The zero-order valence-corrected chi connectivity index (χ0v) is 11.4. The predicted molar refractivity (Wildman–Crippen MR) is 76.2 cm³/mol. The molecule has 1 heterocycles. The van der Waals surface area contributed by atoms with Crippen LogP contribution < -0.4 is 4.90 Å². The highest BCUT2D eigenvalue weighted by Gasteiger charge is 2.26. The van der Waals surface area contributed by atoms with Crippen molar-refractivity contribution in [3.63, 3.8) is 0 Å². The van der Waals surface area contributed by atoms with Crippen LogP contribution in [0, 0.1) is 10.1 Å². The van der Waals surface area contributed by atoms with E-state index in [1.165, 1.54) is 6.07 Å². The molecule has 8 nitrogen and oxygen atoms in total. The Kier molecular flexibility index (Phi) is 4.07. The van der Waals surface area contributed by atoms with E-state index in [9.17, 15) is 10.1 Å². The van der Waals surface area contributed by atoms with Crippen LogP contribution in [0.15, 0.2) is 23.3 Å². The lowest BCUT2D eigenvalue weighted by Crippen LogP contribution is -2.50. The number of piperazine rings is 1. The summed E-state index contributed by atoms with van der Waals surface area (Å²) in [6, 6.07) is 4.91. The van der Waals surface area contributed by atoms with Crippen LogP contribution in [-0.4, -0.2) is 42.5 Å². The second-order valence-corrected chi connectivity index (χ2v) is 4.90. The van der Waals surface area contributed by atoms with Gasteiger partial charge in [0.15, 0.2) is 0 Å². The van der Waals surface area contributed by atoms with E-state index in [0.717, 1.165) is 19.6 Å². The third-order valence-electron chi connectivity index (χ3n) is 3.62. The Morgan fingerprint density at radius 3 is 2.85 bits per heavy atom. The van der Waals surface area contributed by atoms with Gasteiger partial charge < -0.3 is 9.80 Å². The first-order valence-electron chi connectivity index (χ1n) is 6.31. The fourth-order valence-corrected chi connectivity index (χ4v) is 2.31. The Morgan fingerprint density at radius 2 is 2.25 bits per heavy atom. The molecule has 1 aromatic rings. The minimum absolute atomic E-state index is 0.0216. The Labute approximate surface area is 116 Å². The van der Waals surface area contributed by atoms with E-state index < -0.39 is 4.92 Å². The van der Waals surface area contributed by atoms with Crippen LogP contribution in [0.25, 0.3) is 10.4 Å². The highest BCUT2D eigenvalue weighted by Crippen LogP contribution is 2.33. The van der Waals surface area contributed by atoms with Gasteiger partial charge in [-0.3, -0.25) is 10.1 Å². The van der Waals surface area contributed by atoms with Gasteiger partial charge in [0.2, 0.25) is 0 Å². The van der Waals surface area contributed by atoms with E-state index in [4.69, 9.17) is 5.53 Å². The molecule has 1 aromatic carbocycles. The first-order chi connectivity index (χ1) is 9.52. The molecule has 0 amide bonds. The first kappa shape index (κ1) is 14.1. The summed E-state index contributed by atoms with van der Waals surface area (Å²) in [6.07, 6.45) is 0. The van der Waals surface area contributed by atoms with Gasteiger partial charge in [0.05, 0.1) is 4.92 Å². The topological polar surface area (TPSA) is 98.4 Å². The quantitative estimate of drug-likeness (QED) is 0.278. The van der Waals surface area contributed by atoms with Gasteiger partial charge in [0.1, 0.15) is 5.69 Å². The number of anilines is 1. The van der Waals surface area contributed by atoms with Crippen molar-refractivity contribution in [2.45, 2.75) is 13.0 Å². The molecule has 106 valence electrons. The van der Waals surface area contributed by atoms with Crippen molar-refractivity contribution in [2.75, 3.05) is 31.6 Å². The fourth-order valence-electron chi connectivity index (χ4n) is 2.31. The third kappa shape index (κ3) is 2.81. The van der Waals surface area contributed by atoms with Crippen molar-refractivity contribution in [1.29, 1.82) is 0 Å². The van der Waals surface area contributed by atoms with Gasteiger partial charge in [-0.15, -0.1) is 0 Å². The largest absolute Gasteiger partial charge is 0.363 e. The number of hydrogen-bond donors (Lipinski definition) is 0. The molecule has 0 radical (unpaired) electrons. The fraction of sp³-hybridized carbons (Fsp3) is 0.500. The lowest BCUT2D eigenvalue weighted by molar-refractivity contribution is -0.384. The number of benzene rings is 1. The molecule has 8 heteroatoms. The van der Waals surface area contributed by atoms with Crippen molar-refractivity contribution in [1.82, 2.24) is 4.90 Å². The van der Waals surface area contributed by atoms with Gasteiger partial charge in [-0.25, -0.2) is 0 Å². The van der Waals surface area contributed by atoms with Gasteiger partial charge in [-0.2, -0.15) is 0 Å². The molecule has 0 saturated carbocycles. The SMILES string of the molecule is C[C@H]1CN(c2ccc(N=[N+]=[N-])cc2[N+](=O)[O-])CCN1C. The third-order valence-corrected chi connectivity index (χ3v) is 3.62. The number of hydrogen-bond acceptors (Lipinski definition) is 5. The maximum absolute atomic E-state index is 11.2. The second kappa shape index (κ2) is 5.77. The van der Waals surface area contributed by atoms with Crippen molar-refractivity contribution in [2.24, 2.45) is 5.11 Å². The summed E-state index contributed by atoms with van der Waals surface area (Å²) in [7, 11) is 2.04. The van der Waals surface area contributed by atoms with Crippen LogP contribution in [0.3, 0.4) is 0 Å². The predicted octanol–water partition coefficient (Wildman–Crippen LogP) is 2.68. The number of nitro groups is 1. The summed E-state index contributed by atoms with van der Waals surface area (Å²) in [6.45, 7) is 4.42. The van der Waals surface area contributed by atoms with Crippen LogP contribution in [0.4, 0.5) is 17.1 Å². The molecule has 0 spiro atoms. The number of likely N-dealkylation sites (N-methyl/N-ethyl adjacent to an activating group) is 1. The van der Waals surface area contributed by atoms with E-state index in [1.807, 2.05) is 11.9 Å². The molecule has 0 bridgehead atoms. The highest BCUT2D eigenvalue weighted by molar-refractivity contribution is 5.68. The maximum atomic E-state index is 11.2. The molecule has 2 rings (SSSR count).